The van der Waals surface area contributed by atoms with Crippen LogP contribution in [0.15, 0.2) is 22.8 Å². The van der Waals surface area contributed by atoms with Crippen LogP contribution in [0.3, 0.4) is 0 Å². The third-order valence-corrected chi connectivity index (χ3v) is 13.2. The Bertz CT molecular complexity index is 5310. The van der Waals surface area contributed by atoms with Crippen molar-refractivity contribution in [3.8, 4) is 72.8 Å². The third-order valence-electron chi connectivity index (χ3n) is 13.2. The van der Waals surface area contributed by atoms with Gasteiger partial charge in [0.25, 0.3) is 5.69 Å². The van der Waals surface area contributed by atoms with Gasteiger partial charge in [0.15, 0.2) is 98.5 Å². The van der Waals surface area contributed by atoms with E-state index in [0.29, 0.717) is 0 Å². The van der Waals surface area contributed by atoms with Gasteiger partial charge in [-0.3, -0.25) is 0 Å². The van der Waals surface area contributed by atoms with Gasteiger partial charge in [0, 0.05) is 10.9 Å². The fraction of sp³-hybridized carbons (Fsp3) is 0.0161. The quantitative estimate of drug-likeness (QED) is 0.0521. The number of rotatable bonds is 3. The molecule has 36 heteroatoms. The second kappa shape index (κ2) is 27.2. The fourth-order valence-electron chi connectivity index (χ4n) is 8.87. The van der Waals surface area contributed by atoms with E-state index in [4.69, 9.17) is 57.9 Å². The van der Waals surface area contributed by atoms with Crippen LogP contribution < -0.4 is 10.4 Å². The molecule has 5 aromatic carbocycles. The van der Waals surface area contributed by atoms with Gasteiger partial charge in [-0.15, -0.1) is 9.97 Å². The lowest BCUT2D eigenvalue weighted by Crippen LogP contribution is -2.31. The highest BCUT2D eigenvalue weighted by molar-refractivity contribution is 6.20. The van der Waals surface area contributed by atoms with Crippen LogP contribution >= 0.6 is 0 Å². The summed E-state index contributed by atoms with van der Waals surface area (Å²) in [6.07, 6.45) is 0. The Balaban J connectivity index is 0.000000229. The number of pyridine rings is 1. The standard InChI is InChI=1S/C31H3F11N6.C19HN11.C12F4N4/c1-8-9(4-43)20(33)23(36)15(19(8)32)10(5-44)13-14(11(6-45)16-24(37)28(41)31(48-3)29(42)25(16)38)17(13)30(47-2)18-26(39)21(34)12(7-46)22(35)27(18)40;1-24-18-11(6-22)27-14-9-3-8(4-20)10(5-21)26-13(9)15-17(16(14)29-18)30-19(25-2)12(7-23)28-15;13-9-7(5(1-17)2-18)10(14)12(16)8(11(9)15)6(3-19)4-20/h1H3;3H;. The summed E-state index contributed by atoms with van der Waals surface area (Å²) < 4.78 is 219. The highest BCUT2D eigenvalue weighted by Gasteiger charge is 2.46. The van der Waals surface area contributed by atoms with Crippen molar-refractivity contribution < 1.29 is 65.9 Å². The predicted octanol–water partition coefficient (Wildman–Crippen LogP) is 11.8. The minimum absolute atomic E-state index is 0.0329. The van der Waals surface area contributed by atoms with Crippen molar-refractivity contribution in [2.45, 2.75) is 6.92 Å². The second-order valence-corrected chi connectivity index (χ2v) is 18.0. The van der Waals surface area contributed by atoms with Crippen molar-refractivity contribution in [3.05, 3.63) is 222 Å². The molecule has 1 saturated carbocycles. The molecule has 0 amide bonds. The molecular weight excluding hydrogens is 1320 g/mol. The Kier molecular flexibility index (Phi) is 19.3. The number of nitriles is 12. The van der Waals surface area contributed by atoms with Crippen molar-refractivity contribution >= 4 is 78.3 Å². The van der Waals surface area contributed by atoms with Gasteiger partial charge in [0.2, 0.25) is 16.7 Å². The molecule has 1 fully saturated rings. The maximum Gasteiger partial charge on any atom is 0.307 e. The Morgan fingerprint density at radius 3 is 1.07 bits per heavy atom. The van der Waals surface area contributed by atoms with Crippen LogP contribution in [0.1, 0.15) is 56.0 Å². The minimum atomic E-state index is -2.46. The van der Waals surface area contributed by atoms with Crippen LogP contribution in [0.5, 0.6) is 0 Å². The normalized spacial score (nSPS) is 12.1. The van der Waals surface area contributed by atoms with Gasteiger partial charge in [0.05, 0.1) is 62.5 Å². The molecule has 3 aromatic heterocycles. The fourth-order valence-corrected chi connectivity index (χ4v) is 8.87. The SMILES string of the molecule is N#CC(C#N)=c1c(F)c(F)c(=C(C#N)C#N)c(F)c1F.[C-]#[N+]C(=C1C(=C(C#N)c2c(F)c(C)c(C#N)c(F)c2F)C1=C(C#N)c1c(F)c(F)c([N+]#[C-])c(F)c1F)c1c(F)c(F)c(C#N)c(F)c1F.[C-]#[N+]c1nc2c(nc1C#N)c1cc(C#N)c(C#N)nc1c1nc(C#N)c([N+]#[C-])nc12. The van der Waals surface area contributed by atoms with Crippen LogP contribution in [0.2, 0.25) is 0 Å². The molecule has 462 valence electrons. The number of aromatic nitrogens is 5. The molecule has 0 radical (unpaired) electrons. The van der Waals surface area contributed by atoms with E-state index in [-0.39, 0.29) is 67.3 Å². The molecule has 1 aliphatic carbocycles. The lowest BCUT2D eigenvalue weighted by Gasteiger charge is -2.09. The minimum Gasteiger partial charge on any atom is -0.358 e. The van der Waals surface area contributed by atoms with E-state index in [0.717, 1.165) is 55.5 Å². The van der Waals surface area contributed by atoms with Gasteiger partial charge >= 0.3 is 11.6 Å². The van der Waals surface area contributed by atoms with E-state index in [1.54, 1.807) is 12.1 Å². The molecule has 0 atom stereocenters. The number of hydrogen-bond acceptors (Lipinski definition) is 17. The largest absolute Gasteiger partial charge is 0.358 e. The zero-order chi connectivity index (χ0) is 73.0. The van der Waals surface area contributed by atoms with E-state index in [1.165, 1.54) is 6.07 Å². The first-order chi connectivity index (χ1) is 46.6. The lowest BCUT2D eigenvalue weighted by atomic mass is 9.96. The molecule has 1 aliphatic rings. The van der Waals surface area contributed by atoms with Crippen LogP contribution in [0.4, 0.5) is 83.2 Å². The summed E-state index contributed by atoms with van der Waals surface area (Å²) in [6.45, 7) is 29.4. The van der Waals surface area contributed by atoms with Gasteiger partial charge in [-0.1, -0.05) is 13.1 Å². The summed E-state index contributed by atoms with van der Waals surface area (Å²) in [4.78, 5) is 32.2. The van der Waals surface area contributed by atoms with Crippen molar-refractivity contribution in [2.24, 2.45) is 0 Å². The van der Waals surface area contributed by atoms with Gasteiger partial charge in [-0.05, 0) is 29.7 Å². The van der Waals surface area contributed by atoms with E-state index in [9.17, 15) is 71.1 Å². The average molecular weight is 1330 g/mol. The summed E-state index contributed by atoms with van der Waals surface area (Å²) in [5.41, 5.74) is -22.9. The van der Waals surface area contributed by atoms with E-state index < -0.39 is 181 Å². The molecular formula is C62H4F15N21. The van der Waals surface area contributed by atoms with Crippen molar-refractivity contribution in [2.75, 3.05) is 0 Å². The molecule has 8 aromatic rings. The molecule has 98 heavy (non-hydrogen) atoms. The predicted molar refractivity (Wildman–Crippen MR) is 292 cm³/mol. The molecule has 21 nitrogen and oxygen atoms in total. The Labute approximate surface area is 532 Å². The smallest absolute Gasteiger partial charge is 0.307 e. The summed E-state index contributed by atoms with van der Waals surface area (Å²) in [5, 5.41) is 106. The van der Waals surface area contributed by atoms with Crippen molar-refractivity contribution in [1.29, 1.82) is 63.1 Å². The first-order valence-corrected chi connectivity index (χ1v) is 24.6. The average Bonchev–Trinajstić information content (AvgIpc) is 1.63. The number of fused-ring (bicyclic) bond motifs is 6. The third kappa shape index (κ3) is 10.9. The molecule has 0 bridgehead atoms. The van der Waals surface area contributed by atoms with Gasteiger partial charge in [-0.25, -0.2) is 90.5 Å². The first kappa shape index (κ1) is 69.4. The Morgan fingerprint density at radius 2 is 0.714 bits per heavy atom. The Morgan fingerprint density at radius 1 is 0.357 bits per heavy atom. The van der Waals surface area contributed by atoms with Crippen LogP contribution in [-0.4, -0.2) is 24.9 Å². The number of halogens is 15. The highest BCUT2D eigenvalue weighted by Crippen LogP contribution is 2.58. The van der Waals surface area contributed by atoms with Gasteiger partial charge in [0.1, 0.15) is 112 Å². The van der Waals surface area contributed by atoms with E-state index in [2.05, 4.69) is 44.3 Å². The maximum atomic E-state index is 15.4. The molecule has 9 rings (SSSR count). The molecule has 0 unspecified atom stereocenters. The maximum absolute atomic E-state index is 15.4. The highest BCUT2D eigenvalue weighted by atomic mass is 19.2. The summed E-state index contributed by atoms with van der Waals surface area (Å²) in [6, 6.07) is 17.1. The molecule has 0 saturated heterocycles. The van der Waals surface area contributed by atoms with Crippen LogP contribution in [0.25, 0.3) is 80.3 Å². The number of benzene rings is 5. The molecule has 3 heterocycles. The Hall–Kier alpha value is -16.1. The molecule has 0 aliphatic heterocycles. The first-order valence-electron chi connectivity index (χ1n) is 24.6. The number of hydrogen-bond donors (Lipinski definition) is 0. The molecule has 0 spiro atoms. The zero-order valence-electron chi connectivity index (χ0n) is 46.6. The van der Waals surface area contributed by atoms with Gasteiger partial charge in [-0.2, -0.15) is 63.1 Å². The zero-order valence-corrected chi connectivity index (χ0v) is 46.6. The summed E-state index contributed by atoms with van der Waals surface area (Å²) in [7, 11) is 0. The van der Waals surface area contributed by atoms with Crippen molar-refractivity contribution in [1.82, 2.24) is 24.9 Å². The number of nitrogens with zero attached hydrogens (tertiary/aromatic N) is 21. The van der Waals surface area contributed by atoms with E-state index >= 15 is 26.3 Å². The second-order valence-electron chi connectivity index (χ2n) is 18.0. The topological polar surface area (TPSA) is 367 Å². The lowest BCUT2D eigenvalue weighted by molar-refractivity contribution is 0.434. The summed E-state index contributed by atoms with van der Waals surface area (Å²) >= 11 is 0. The molecule has 0 N–H and O–H groups in total. The van der Waals surface area contributed by atoms with Crippen molar-refractivity contribution in [3.63, 3.8) is 0 Å². The van der Waals surface area contributed by atoms with Gasteiger partial charge < -0.3 is 9.69 Å². The summed E-state index contributed by atoms with van der Waals surface area (Å²) in [5.74, 6) is -34.2. The van der Waals surface area contributed by atoms with Crippen LogP contribution in [-0.2, 0) is 0 Å². The van der Waals surface area contributed by atoms with Crippen LogP contribution in [0, 0.1) is 256 Å². The monoisotopic (exact) mass is 1330 g/mol. The number of allylic oxidation sites excluding steroid dienone is 5. The van der Waals surface area contributed by atoms with E-state index in [1.807, 2.05) is 12.1 Å².